The first-order chi connectivity index (χ1) is 14.8. The van der Waals surface area contributed by atoms with Gasteiger partial charge in [0.2, 0.25) is 0 Å². The van der Waals surface area contributed by atoms with Crippen molar-refractivity contribution in [1.82, 2.24) is 10.4 Å². The lowest BCUT2D eigenvalue weighted by Gasteiger charge is -2.35. The van der Waals surface area contributed by atoms with Gasteiger partial charge in [-0.25, -0.2) is 14.4 Å². The SMILES string of the molecule is COC(=O)C=CC[C@H](NC(=O)OC(C)(C)C)C1CCN(OC(=O)OCC[Si](C)(C)C)CC1. The number of nitrogens with one attached hydrogen (secondary N) is 1. The molecule has 0 bridgehead atoms. The average Bonchev–Trinajstić information content (AvgIpc) is 2.65. The Morgan fingerprint density at radius 2 is 1.78 bits per heavy atom. The molecule has 184 valence electrons. The highest BCUT2D eigenvalue weighted by atomic mass is 28.3. The summed E-state index contributed by atoms with van der Waals surface area (Å²) in [5.74, 6) is -0.315. The van der Waals surface area contributed by atoms with Gasteiger partial charge >= 0.3 is 18.2 Å². The quantitative estimate of drug-likeness (QED) is 0.231. The van der Waals surface area contributed by atoms with E-state index < -0.39 is 31.9 Å². The topological polar surface area (TPSA) is 103 Å². The predicted octanol–water partition coefficient (Wildman–Crippen LogP) is 4.12. The van der Waals surface area contributed by atoms with Gasteiger partial charge in [0.15, 0.2) is 0 Å². The van der Waals surface area contributed by atoms with Crippen molar-refractivity contribution in [3.05, 3.63) is 12.2 Å². The highest BCUT2D eigenvalue weighted by molar-refractivity contribution is 6.76. The molecular formula is C22H40N2O7Si. The molecule has 0 saturated carbocycles. The Hall–Kier alpha value is -2.07. The summed E-state index contributed by atoms with van der Waals surface area (Å²) in [6.07, 6.45) is 3.72. The van der Waals surface area contributed by atoms with E-state index in [0.717, 1.165) is 6.04 Å². The first kappa shape index (κ1) is 28.0. The van der Waals surface area contributed by atoms with Crippen LogP contribution in [0.1, 0.15) is 40.0 Å². The smallest absolute Gasteiger partial charge is 0.466 e. The molecule has 0 aromatic rings. The van der Waals surface area contributed by atoms with E-state index in [0.29, 0.717) is 39.0 Å². The van der Waals surface area contributed by atoms with E-state index >= 15 is 0 Å². The van der Waals surface area contributed by atoms with Crippen LogP contribution in [0.15, 0.2) is 12.2 Å². The number of hydrogen-bond donors (Lipinski definition) is 1. The van der Waals surface area contributed by atoms with E-state index in [1.165, 1.54) is 13.2 Å². The summed E-state index contributed by atoms with van der Waals surface area (Å²) in [6.45, 7) is 13.5. The molecule has 1 atom stereocenters. The highest BCUT2D eigenvalue weighted by Gasteiger charge is 2.30. The van der Waals surface area contributed by atoms with Crippen LogP contribution in [0.25, 0.3) is 0 Å². The van der Waals surface area contributed by atoms with Crippen LogP contribution < -0.4 is 5.32 Å². The zero-order valence-corrected chi connectivity index (χ0v) is 21.6. The normalized spacial score (nSPS) is 17.0. The number of carbonyl (C=O) groups excluding carboxylic acids is 3. The van der Waals surface area contributed by atoms with Gasteiger partial charge in [-0.1, -0.05) is 25.7 Å². The van der Waals surface area contributed by atoms with Crippen LogP contribution in [0.3, 0.4) is 0 Å². The summed E-state index contributed by atoms with van der Waals surface area (Å²) < 4.78 is 15.2. The van der Waals surface area contributed by atoms with Crippen molar-refractivity contribution in [1.29, 1.82) is 0 Å². The lowest BCUT2D eigenvalue weighted by molar-refractivity contribution is -0.143. The molecule has 0 aromatic carbocycles. The number of carbonyl (C=O) groups is 3. The first-order valence-electron chi connectivity index (χ1n) is 11.1. The van der Waals surface area contributed by atoms with Crippen LogP contribution in [0.5, 0.6) is 0 Å². The Kier molecular flexibility index (Phi) is 11.2. The van der Waals surface area contributed by atoms with Gasteiger partial charge in [0.25, 0.3) is 0 Å². The molecule has 1 N–H and O–H groups in total. The van der Waals surface area contributed by atoms with Gasteiger partial charge in [0.05, 0.1) is 13.7 Å². The first-order valence-corrected chi connectivity index (χ1v) is 14.8. The van der Waals surface area contributed by atoms with Crippen LogP contribution in [-0.4, -0.2) is 69.8 Å². The maximum absolute atomic E-state index is 12.3. The van der Waals surface area contributed by atoms with Crippen molar-refractivity contribution in [2.75, 3.05) is 26.8 Å². The second-order valence-corrected chi connectivity index (χ2v) is 15.8. The molecule has 0 radical (unpaired) electrons. The maximum atomic E-state index is 12.3. The number of nitrogens with zero attached hydrogens (tertiary/aromatic N) is 1. The predicted molar refractivity (Wildman–Crippen MR) is 124 cm³/mol. The highest BCUT2D eigenvalue weighted by Crippen LogP contribution is 2.24. The van der Waals surface area contributed by atoms with Gasteiger partial charge in [-0.15, -0.1) is 5.06 Å². The molecular weight excluding hydrogens is 432 g/mol. The fraction of sp³-hybridized carbons (Fsp3) is 0.773. The van der Waals surface area contributed by atoms with E-state index in [1.807, 2.05) is 0 Å². The van der Waals surface area contributed by atoms with Gasteiger partial charge in [-0.3, -0.25) is 0 Å². The molecule has 10 heteroatoms. The summed E-state index contributed by atoms with van der Waals surface area (Å²) in [5.41, 5.74) is -0.608. The van der Waals surface area contributed by atoms with Crippen molar-refractivity contribution >= 4 is 26.3 Å². The largest absolute Gasteiger partial charge is 0.527 e. The molecule has 9 nitrogen and oxygen atoms in total. The zero-order chi connectivity index (χ0) is 24.4. The Balaban J connectivity index is 2.58. The van der Waals surface area contributed by atoms with Gasteiger partial charge in [0, 0.05) is 33.3 Å². The third-order valence-corrected chi connectivity index (χ3v) is 6.59. The maximum Gasteiger partial charge on any atom is 0.527 e. The van der Waals surface area contributed by atoms with Crippen molar-refractivity contribution < 1.29 is 33.4 Å². The molecule has 0 spiro atoms. The molecule has 32 heavy (non-hydrogen) atoms. The fourth-order valence-corrected chi connectivity index (χ4v) is 3.86. The molecule has 1 heterocycles. The number of amides is 1. The van der Waals surface area contributed by atoms with Crippen molar-refractivity contribution in [3.8, 4) is 0 Å². The number of rotatable bonds is 9. The zero-order valence-electron chi connectivity index (χ0n) is 20.6. The van der Waals surface area contributed by atoms with Crippen molar-refractivity contribution in [2.45, 2.75) is 77.4 Å². The van der Waals surface area contributed by atoms with Crippen LogP contribution in [0.2, 0.25) is 25.7 Å². The number of esters is 1. The van der Waals surface area contributed by atoms with E-state index in [-0.39, 0.29) is 12.0 Å². The van der Waals surface area contributed by atoms with E-state index in [9.17, 15) is 14.4 Å². The summed E-state index contributed by atoms with van der Waals surface area (Å²) >= 11 is 0. The van der Waals surface area contributed by atoms with Gasteiger partial charge in [0.1, 0.15) is 5.60 Å². The number of ether oxygens (including phenoxy) is 3. The second kappa shape index (κ2) is 12.8. The Bertz CT molecular complexity index is 648. The molecule has 0 aliphatic carbocycles. The molecule has 1 rings (SSSR count). The summed E-state index contributed by atoms with van der Waals surface area (Å²) in [7, 11) is 0.0411. The minimum absolute atomic E-state index is 0.132. The molecule has 1 amide bonds. The number of methoxy groups -OCH3 is 1. The standard InChI is InChI=1S/C22H40N2O7Si/c1-22(2,3)30-20(26)23-18(9-8-10-19(25)28-4)17-11-13-24(14-12-17)31-21(27)29-15-16-32(5,6)7/h8,10,17-18H,9,11-16H2,1-7H3,(H,23,26)/t18-/m0/s1. The molecule has 1 aliphatic heterocycles. The summed E-state index contributed by atoms with van der Waals surface area (Å²) in [4.78, 5) is 40.9. The number of alkyl carbamates (subject to hydrolysis) is 1. The number of hydroxylamine groups is 2. The minimum atomic E-state index is -1.27. The summed E-state index contributed by atoms with van der Waals surface area (Å²) in [6, 6.07) is 0.665. The van der Waals surface area contributed by atoms with Crippen LogP contribution in [-0.2, 0) is 23.8 Å². The van der Waals surface area contributed by atoms with Crippen LogP contribution in [0, 0.1) is 5.92 Å². The van der Waals surface area contributed by atoms with Crippen molar-refractivity contribution in [2.24, 2.45) is 5.92 Å². The summed E-state index contributed by atoms with van der Waals surface area (Å²) in [5, 5.41) is 4.52. The molecule has 0 aromatic heterocycles. The van der Waals surface area contributed by atoms with E-state index in [1.54, 1.807) is 31.9 Å². The Morgan fingerprint density at radius 1 is 1.16 bits per heavy atom. The van der Waals surface area contributed by atoms with Gasteiger partial charge in [-0.05, 0) is 52.0 Å². The third kappa shape index (κ3) is 12.7. The monoisotopic (exact) mass is 472 g/mol. The Morgan fingerprint density at radius 3 is 2.31 bits per heavy atom. The lowest BCUT2D eigenvalue weighted by atomic mass is 9.88. The fourth-order valence-electron chi connectivity index (χ4n) is 3.15. The van der Waals surface area contributed by atoms with Crippen molar-refractivity contribution in [3.63, 3.8) is 0 Å². The molecule has 1 aliphatic rings. The minimum Gasteiger partial charge on any atom is -0.466 e. The molecule has 0 unspecified atom stereocenters. The van der Waals surface area contributed by atoms with E-state index in [4.69, 9.17) is 14.3 Å². The molecule has 1 saturated heterocycles. The Labute approximate surface area is 192 Å². The lowest BCUT2D eigenvalue weighted by Crippen LogP contribution is -2.47. The van der Waals surface area contributed by atoms with Crippen LogP contribution >= 0.6 is 0 Å². The second-order valence-electron chi connectivity index (χ2n) is 10.2. The third-order valence-electron chi connectivity index (χ3n) is 4.89. The van der Waals surface area contributed by atoms with Crippen LogP contribution in [0.4, 0.5) is 9.59 Å². The van der Waals surface area contributed by atoms with Gasteiger partial charge in [-0.2, -0.15) is 0 Å². The molecule has 1 fully saturated rings. The van der Waals surface area contributed by atoms with Gasteiger partial charge < -0.3 is 24.4 Å². The average molecular weight is 473 g/mol. The number of hydrogen-bond acceptors (Lipinski definition) is 8. The number of piperidine rings is 1. The van der Waals surface area contributed by atoms with E-state index in [2.05, 4.69) is 29.7 Å².